The molecule has 0 aliphatic carbocycles. The Kier molecular flexibility index (Phi) is 4.87. The SMILES string of the molecule is NCc1ccc(S(=O)(=O)NCc2ccc(Br)cc2)nc1. The quantitative estimate of drug-likeness (QED) is 0.855. The van der Waals surface area contributed by atoms with Crippen LogP contribution < -0.4 is 10.5 Å². The maximum atomic E-state index is 12.1. The van der Waals surface area contributed by atoms with Crippen molar-refractivity contribution >= 4 is 26.0 Å². The molecule has 0 saturated carbocycles. The van der Waals surface area contributed by atoms with Gasteiger partial charge < -0.3 is 5.73 Å². The molecule has 3 N–H and O–H groups in total. The number of benzene rings is 1. The lowest BCUT2D eigenvalue weighted by atomic mass is 10.2. The molecule has 1 heterocycles. The molecule has 0 aliphatic rings. The van der Waals surface area contributed by atoms with Gasteiger partial charge in [-0.05, 0) is 29.3 Å². The van der Waals surface area contributed by atoms with Crippen molar-refractivity contribution in [2.75, 3.05) is 0 Å². The maximum absolute atomic E-state index is 12.1. The van der Waals surface area contributed by atoms with Crippen molar-refractivity contribution < 1.29 is 8.42 Å². The zero-order valence-electron chi connectivity index (χ0n) is 10.6. The highest BCUT2D eigenvalue weighted by atomic mass is 79.9. The Bertz CT molecular complexity index is 670. The third-order valence-electron chi connectivity index (χ3n) is 2.69. The second-order valence-corrected chi connectivity index (χ2v) is 6.79. The van der Waals surface area contributed by atoms with Crippen molar-refractivity contribution in [3.63, 3.8) is 0 Å². The van der Waals surface area contributed by atoms with Gasteiger partial charge >= 0.3 is 0 Å². The standard InChI is InChI=1S/C13H14BrN3O2S/c14-12-4-1-10(2-5-12)9-17-20(18,19)13-6-3-11(7-15)8-16-13/h1-6,8,17H,7,9,15H2. The number of hydrogen-bond donors (Lipinski definition) is 2. The minimum atomic E-state index is -3.61. The summed E-state index contributed by atoms with van der Waals surface area (Å²) >= 11 is 3.33. The second kappa shape index (κ2) is 6.45. The molecule has 0 amide bonds. The highest BCUT2D eigenvalue weighted by molar-refractivity contribution is 9.10. The molecule has 0 atom stereocenters. The largest absolute Gasteiger partial charge is 0.326 e. The molecule has 1 aromatic carbocycles. The minimum absolute atomic E-state index is 0.00758. The molecular weight excluding hydrogens is 342 g/mol. The van der Waals surface area contributed by atoms with E-state index in [-0.39, 0.29) is 11.6 Å². The average molecular weight is 356 g/mol. The van der Waals surface area contributed by atoms with E-state index in [4.69, 9.17) is 5.73 Å². The summed E-state index contributed by atoms with van der Waals surface area (Å²) in [6.45, 7) is 0.551. The lowest BCUT2D eigenvalue weighted by Crippen LogP contribution is -2.24. The monoisotopic (exact) mass is 355 g/mol. The summed E-state index contributed by atoms with van der Waals surface area (Å²) in [6.07, 6.45) is 1.47. The fourth-order valence-electron chi connectivity index (χ4n) is 1.55. The Morgan fingerprint density at radius 1 is 1.10 bits per heavy atom. The van der Waals surface area contributed by atoms with Crippen LogP contribution in [0.2, 0.25) is 0 Å². The first-order chi connectivity index (χ1) is 9.51. The topological polar surface area (TPSA) is 85.1 Å². The van der Waals surface area contributed by atoms with Gasteiger partial charge in [0.15, 0.2) is 5.03 Å². The number of nitrogens with one attached hydrogen (secondary N) is 1. The zero-order valence-corrected chi connectivity index (χ0v) is 13.0. The van der Waals surface area contributed by atoms with Gasteiger partial charge in [-0.15, -0.1) is 0 Å². The van der Waals surface area contributed by atoms with Gasteiger partial charge in [0.1, 0.15) is 0 Å². The average Bonchev–Trinajstić information content (AvgIpc) is 2.47. The number of pyridine rings is 1. The van der Waals surface area contributed by atoms with E-state index in [9.17, 15) is 8.42 Å². The summed E-state index contributed by atoms with van der Waals surface area (Å²) in [5.74, 6) is 0. The highest BCUT2D eigenvalue weighted by Gasteiger charge is 2.14. The Hall–Kier alpha value is -1.28. The van der Waals surface area contributed by atoms with Gasteiger partial charge in [-0.1, -0.05) is 34.1 Å². The molecule has 0 bridgehead atoms. The van der Waals surface area contributed by atoms with Crippen LogP contribution in [0.25, 0.3) is 0 Å². The van der Waals surface area contributed by atoms with Crippen LogP contribution in [0.3, 0.4) is 0 Å². The van der Waals surface area contributed by atoms with Gasteiger partial charge in [0.05, 0.1) is 0 Å². The van der Waals surface area contributed by atoms with Crippen molar-refractivity contribution in [1.82, 2.24) is 9.71 Å². The lowest BCUT2D eigenvalue weighted by molar-refractivity contribution is 0.577. The fourth-order valence-corrected chi connectivity index (χ4v) is 2.75. The molecule has 106 valence electrons. The first-order valence-electron chi connectivity index (χ1n) is 5.90. The number of halogens is 1. The van der Waals surface area contributed by atoms with Gasteiger partial charge in [0.25, 0.3) is 10.0 Å². The Labute approximate surface area is 126 Å². The van der Waals surface area contributed by atoms with E-state index in [1.807, 2.05) is 24.3 Å². The van der Waals surface area contributed by atoms with Crippen LogP contribution in [0.4, 0.5) is 0 Å². The number of sulfonamides is 1. The highest BCUT2D eigenvalue weighted by Crippen LogP contribution is 2.11. The van der Waals surface area contributed by atoms with Crippen LogP contribution in [-0.4, -0.2) is 13.4 Å². The molecule has 2 aromatic rings. The Morgan fingerprint density at radius 3 is 2.30 bits per heavy atom. The van der Waals surface area contributed by atoms with Crippen molar-refractivity contribution in [2.45, 2.75) is 18.1 Å². The van der Waals surface area contributed by atoms with Crippen LogP contribution >= 0.6 is 15.9 Å². The maximum Gasteiger partial charge on any atom is 0.258 e. The molecule has 0 saturated heterocycles. The summed E-state index contributed by atoms with van der Waals surface area (Å²) in [5.41, 5.74) is 7.11. The molecular formula is C13H14BrN3O2S. The lowest BCUT2D eigenvalue weighted by Gasteiger charge is -2.07. The van der Waals surface area contributed by atoms with Gasteiger partial charge in [-0.25, -0.2) is 18.1 Å². The first-order valence-corrected chi connectivity index (χ1v) is 8.18. The first kappa shape index (κ1) is 15.1. The van der Waals surface area contributed by atoms with Gasteiger partial charge in [0.2, 0.25) is 0 Å². The third-order valence-corrected chi connectivity index (χ3v) is 4.53. The molecule has 0 unspecified atom stereocenters. The van der Waals surface area contributed by atoms with Crippen molar-refractivity contribution in [3.8, 4) is 0 Å². The third kappa shape index (κ3) is 3.86. The van der Waals surface area contributed by atoms with Gasteiger partial charge in [0, 0.05) is 23.8 Å². The molecule has 7 heteroatoms. The molecule has 0 spiro atoms. The smallest absolute Gasteiger partial charge is 0.258 e. The normalized spacial score (nSPS) is 11.5. The van der Waals surface area contributed by atoms with E-state index in [0.29, 0.717) is 6.54 Å². The minimum Gasteiger partial charge on any atom is -0.326 e. The van der Waals surface area contributed by atoms with E-state index in [1.165, 1.54) is 12.3 Å². The van der Waals surface area contributed by atoms with Crippen LogP contribution in [-0.2, 0) is 23.1 Å². The number of nitrogens with zero attached hydrogens (tertiary/aromatic N) is 1. The molecule has 2 rings (SSSR count). The van der Waals surface area contributed by atoms with E-state index >= 15 is 0 Å². The Morgan fingerprint density at radius 2 is 1.75 bits per heavy atom. The molecule has 20 heavy (non-hydrogen) atoms. The van der Waals surface area contributed by atoms with Gasteiger partial charge in [-0.2, -0.15) is 0 Å². The summed E-state index contributed by atoms with van der Waals surface area (Å²) in [7, 11) is -3.61. The van der Waals surface area contributed by atoms with Gasteiger partial charge in [-0.3, -0.25) is 0 Å². The van der Waals surface area contributed by atoms with Crippen LogP contribution in [0.1, 0.15) is 11.1 Å². The molecule has 1 aromatic heterocycles. The van der Waals surface area contributed by atoms with Crippen LogP contribution in [0, 0.1) is 0 Å². The van der Waals surface area contributed by atoms with Crippen molar-refractivity contribution in [1.29, 1.82) is 0 Å². The molecule has 0 radical (unpaired) electrons. The van der Waals surface area contributed by atoms with Crippen molar-refractivity contribution in [2.24, 2.45) is 5.73 Å². The summed E-state index contributed by atoms with van der Waals surface area (Å²) in [6, 6.07) is 10.5. The van der Waals surface area contributed by atoms with Crippen LogP contribution in [0.5, 0.6) is 0 Å². The van der Waals surface area contributed by atoms with E-state index < -0.39 is 10.0 Å². The van der Waals surface area contributed by atoms with E-state index in [2.05, 4.69) is 25.6 Å². The molecule has 0 fully saturated rings. The second-order valence-electron chi connectivity index (χ2n) is 4.16. The Balaban J connectivity index is 2.08. The molecule has 5 nitrogen and oxygen atoms in total. The number of nitrogens with two attached hydrogens (primary N) is 1. The summed E-state index contributed by atoms with van der Waals surface area (Å²) in [5, 5.41) is -0.00758. The summed E-state index contributed by atoms with van der Waals surface area (Å²) < 4.78 is 27.6. The number of rotatable bonds is 5. The zero-order chi connectivity index (χ0) is 14.6. The molecule has 0 aliphatic heterocycles. The fraction of sp³-hybridized carbons (Fsp3) is 0.154. The van der Waals surface area contributed by atoms with Crippen LogP contribution in [0.15, 0.2) is 52.1 Å². The predicted molar refractivity (Wildman–Crippen MR) is 80.3 cm³/mol. The number of hydrogen-bond acceptors (Lipinski definition) is 4. The summed E-state index contributed by atoms with van der Waals surface area (Å²) in [4.78, 5) is 3.91. The predicted octanol–water partition coefficient (Wildman–Crippen LogP) is 1.78. The number of aromatic nitrogens is 1. The van der Waals surface area contributed by atoms with E-state index in [0.717, 1.165) is 15.6 Å². The van der Waals surface area contributed by atoms with E-state index in [1.54, 1.807) is 6.07 Å². The van der Waals surface area contributed by atoms with Crippen molar-refractivity contribution in [3.05, 3.63) is 58.2 Å².